The predicted octanol–water partition coefficient (Wildman–Crippen LogP) is 2.97. The number of hydrogen-bond donors (Lipinski definition) is 1. The fourth-order valence-corrected chi connectivity index (χ4v) is 2.26. The summed E-state index contributed by atoms with van der Waals surface area (Å²) in [6.07, 6.45) is 6.55. The zero-order valence-electron chi connectivity index (χ0n) is 10.6. The maximum atomic E-state index is 6.17. The quantitative estimate of drug-likeness (QED) is 0.732. The summed E-state index contributed by atoms with van der Waals surface area (Å²) in [6, 6.07) is 0. The molecule has 1 saturated carbocycles. The maximum Gasteiger partial charge on any atom is 0.0806 e. The Morgan fingerprint density at radius 2 is 1.87 bits per heavy atom. The highest BCUT2D eigenvalue weighted by Gasteiger charge is 2.32. The van der Waals surface area contributed by atoms with Gasteiger partial charge in [-0.15, -0.1) is 0 Å². The molecular weight excluding hydrogens is 186 g/mol. The van der Waals surface area contributed by atoms with Gasteiger partial charge in [0, 0.05) is 13.2 Å². The second kappa shape index (κ2) is 6.49. The Labute approximate surface area is 94.8 Å². The van der Waals surface area contributed by atoms with E-state index in [2.05, 4.69) is 26.1 Å². The average molecular weight is 213 g/mol. The Bertz CT molecular complexity index is 162. The van der Waals surface area contributed by atoms with Crippen LogP contribution in [-0.4, -0.2) is 25.3 Å². The minimum Gasteiger partial charge on any atom is -0.373 e. The van der Waals surface area contributed by atoms with Gasteiger partial charge in [-0.2, -0.15) is 0 Å². The molecule has 15 heavy (non-hydrogen) atoms. The molecular formula is C13H27NO. The van der Waals surface area contributed by atoms with Crippen molar-refractivity contribution in [2.45, 2.75) is 58.5 Å². The molecule has 1 aliphatic rings. The standard InChI is InChI=1S/C13H27NO/c1-4-14-11-13(15-10-12(2)3)8-6-5-7-9-13/h12,14H,4-11H2,1-3H3. The van der Waals surface area contributed by atoms with Gasteiger partial charge in [0.15, 0.2) is 0 Å². The summed E-state index contributed by atoms with van der Waals surface area (Å²) in [5, 5.41) is 3.46. The number of likely N-dealkylation sites (N-methyl/N-ethyl adjacent to an activating group) is 1. The third-order valence-corrected chi connectivity index (χ3v) is 3.18. The third kappa shape index (κ3) is 4.52. The molecule has 1 rings (SSSR count). The number of nitrogens with one attached hydrogen (secondary N) is 1. The van der Waals surface area contributed by atoms with Crippen LogP contribution in [0.2, 0.25) is 0 Å². The van der Waals surface area contributed by atoms with Crippen molar-refractivity contribution in [2.24, 2.45) is 5.92 Å². The molecule has 0 aromatic rings. The van der Waals surface area contributed by atoms with Crippen molar-refractivity contribution < 1.29 is 4.74 Å². The van der Waals surface area contributed by atoms with Crippen molar-refractivity contribution in [3.63, 3.8) is 0 Å². The molecule has 0 bridgehead atoms. The van der Waals surface area contributed by atoms with Gasteiger partial charge in [0.05, 0.1) is 5.60 Å². The largest absolute Gasteiger partial charge is 0.373 e. The molecule has 2 nitrogen and oxygen atoms in total. The molecule has 2 heteroatoms. The summed E-state index contributed by atoms with van der Waals surface area (Å²) < 4.78 is 6.17. The minimum absolute atomic E-state index is 0.151. The van der Waals surface area contributed by atoms with E-state index in [0.29, 0.717) is 5.92 Å². The van der Waals surface area contributed by atoms with Gasteiger partial charge in [-0.25, -0.2) is 0 Å². The SMILES string of the molecule is CCNCC1(OCC(C)C)CCCCC1. The molecule has 1 fully saturated rings. The van der Waals surface area contributed by atoms with Crippen LogP contribution in [0.1, 0.15) is 52.9 Å². The molecule has 1 N–H and O–H groups in total. The third-order valence-electron chi connectivity index (χ3n) is 3.18. The van der Waals surface area contributed by atoms with Crippen LogP contribution in [0.3, 0.4) is 0 Å². The van der Waals surface area contributed by atoms with Crippen molar-refractivity contribution in [1.82, 2.24) is 5.32 Å². The lowest BCUT2D eigenvalue weighted by atomic mass is 9.84. The second-order valence-corrected chi connectivity index (χ2v) is 5.23. The van der Waals surface area contributed by atoms with Crippen LogP contribution in [-0.2, 0) is 4.74 Å². The molecule has 0 radical (unpaired) electrons. The molecule has 0 heterocycles. The summed E-state index contributed by atoms with van der Waals surface area (Å²) in [4.78, 5) is 0. The van der Waals surface area contributed by atoms with Crippen molar-refractivity contribution in [3.05, 3.63) is 0 Å². The van der Waals surface area contributed by atoms with Crippen LogP contribution in [0.25, 0.3) is 0 Å². The van der Waals surface area contributed by atoms with Crippen LogP contribution in [0.4, 0.5) is 0 Å². The second-order valence-electron chi connectivity index (χ2n) is 5.23. The van der Waals surface area contributed by atoms with Gasteiger partial charge in [-0.3, -0.25) is 0 Å². The molecule has 0 amide bonds. The monoisotopic (exact) mass is 213 g/mol. The van der Waals surface area contributed by atoms with E-state index in [1.165, 1.54) is 32.1 Å². The van der Waals surface area contributed by atoms with Gasteiger partial charge in [0.1, 0.15) is 0 Å². The van der Waals surface area contributed by atoms with E-state index in [1.54, 1.807) is 0 Å². The van der Waals surface area contributed by atoms with Gasteiger partial charge in [0.25, 0.3) is 0 Å². The van der Waals surface area contributed by atoms with Crippen molar-refractivity contribution >= 4 is 0 Å². The number of hydrogen-bond acceptors (Lipinski definition) is 2. The summed E-state index contributed by atoms with van der Waals surface area (Å²) in [5.74, 6) is 0.644. The molecule has 0 aliphatic heterocycles. The molecule has 0 unspecified atom stereocenters. The fraction of sp³-hybridized carbons (Fsp3) is 1.00. The Morgan fingerprint density at radius 3 is 2.40 bits per heavy atom. The lowest BCUT2D eigenvalue weighted by molar-refractivity contribution is -0.0778. The van der Waals surface area contributed by atoms with Crippen molar-refractivity contribution in [2.75, 3.05) is 19.7 Å². The van der Waals surface area contributed by atoms with E-state index in [4.69, 9.17) is 4.74 Å². The highest BCUT2D eigenvalue weighted by molar-refractivity contribution is 4.86. The van der Waals surface area contributed by atoms with Crippen LogP contribution < -0.4 is 5.32 Å². The van der Waals surface area contributed by atoms with Crippen LogP contribution in [0.5, 0.6) is 0 Å². The molecule has 0 aromatic heterocycles. The van der Waals surface area contributed by atoms with E-state index in [1.807, 2.05) is 0 Å². The molecule has 0 spiro atoms. The first kappa shape index (κ1) is 13.0. The van der Waals surface area contributed by atoms with Crippen LogP contribution in [0, 0.1) is 5.92 Å². The van der Waals surface area contributed by atoms with Gasteiger partial charge >= 0.3 is 0 Å². The smallest absolute Gasteiger partial charge is 0.0806 e. The molecule has 0 saturated heterocycles. The number of rotatable bonds is 6. The van der Waals surface area contributed by atoms with Crippen LogP contribution in [0.15, 0.2) is 0 Å². The summed E-state index contributed by atoms with van der Waals surface area (Å²) in [7, 11) is 0. The Kier molecular flexibility index (Phi) is 5.62. The minimum atomic E-state index is 0.151. The highest BCUT2D eigenvalue weighted by atomic mass is 16.5. The van der Waals surface area contributed by atoms with E-state index < -0.39 is 0 Å². The summed E-state index contributed by atoms with van der Waals surface area (Å²) in [6.45, 7) is 9.61. The van der Waals surface area contributed by atoms with Gasteiger partial charge in [0.2, 0.25) is 0 Å². The normalized spacial score (nSPS) is 20.8. The lowest BCUT2D eigenvalue weighted by Crippen LogP contribution is -2.45. The van der Waals surface area contributed by atoms with E-state index in [-0.39, 0.29) is 5.60 Å². The van der Waals surface area contributed by atoms with Crippen molar-refractivity contribution in [3.8, 4) is 0 Å². The van der Waals surface area contributed by atoms with Crippen LogP contribution >= 0.6 is 0 Å². The van der Waals surface area contributed by atoms with Gasteiger partial charge in [-0.05, 0) is 25.3 Å². The Balaban J connectivity index is 2.42. The van der Waals surface area contributed by atoms with E-state index >= 15 is 0 Å². The maximum absolute atomic E-state index is 6.17. The highest BCUT2D eigenvalue weighted by Crippen LogP contribution is 2.31. The Morgan fingerprint density at radius 1 is 1.20 bits per heavy atom. The number of ether oxygens (including phenoxy) is 1. The topological polar surface area (TPSA) is 21.3 Å². The molecule has 90 valence electrons. The zero-order chi connectivity index (χ0) is 11.1. The molecule has 0 aromatic carbocycles. The Hall–Kier alpha value is -0.0800. The van der Waals surface area contributed by atoms with E-state index in [9.17, 15) is 0 Å². The van der Waals surface area contributed by atoms with Crippen molar-refractivity contribution in [1.29, 1.82) is 0 Å². The lowest BCUT2D eigenvalue weighted by Gasteiger charge is -2.38. The predicted molar refractivity (Wildman–Crippen MR) is 65.1 cm³/mol. The molecule has 1 aliphatic carbocycles. The average Bonchev–Trinajstić information content (AvgIpc) is 2.25. The fourth-order valence-electron chi connectivity index (χ4n) is 2.26. The first-order valence-electron chi connectivity index (χ1n) is 6.53. The van der Waals surface area contributed by atoms with E-state index in [0.717, 1.165) is 19.7 Å². The summed E-state index contributed by atoms with van der Waals surface area (Å²) in [5.41, 5.74) is 0.151. The van der Waals surface area contributed by atoms with Gasteiger partial charge < -0.3 is 10.1 Å². The zero-order valence-corrected chi connectivity index (χ0v) is 10.6. The first-order valence-corrected chi connectivity index (χ1v) is 6.53. The summed E-state index contributed by atoms with van der Waals surface area (Å²) >= 11 is 0. The molecule has 0 atom stereocenters. The first-order chi connectivity index (χ1) is 7.18. The van der Waals surface area contributed by atoms with Gasteiger partial charge in [-0.1, -0.05) is 40.0 Å².